The van der Waals surface area contributed by atoms with Crippen molar-refractivity contribution in [1.29, 1.82) is 5.26 Å². The Morgan fingerprint density at radius 1 is 0.884 bits per heavy atom. The lowest BCUT2D eigenvalue weighted by atomic mass is 10.1. The fourth-order valence-electron chi connectivity index (χ4n) is 4.14. The molecule has 4 rings (SSSR count). The third-order valence-corrected chi connectivity index (χ3v) is 9.65. The van der Waals surface area contributed by atoms with Crippen LogP contribution < -0.4 is 13.3 Å². The Bertz CT molecular complexity index is 1890. The number of fused-ring (bicyclic) bond motifs is 1. The number of hydrogen-bond acceptors (Lipinski definition) is 9. The molecule has 224 valence electrons. The van der Waals surface area contributed by atoms with Crippen LogP contribution in [0, 0.1) is 11.3 Å². The molecule has 0 radical (unpaired) electrons. The van der Waals surface area contributed by atoms with Gasteiger partial charge in [0.05, 0.1) is 33.3 Å². The van der Waals surface area contributed by atoms with Crippen molar-refractivity contribution in [3.63, 3.8) is 0 Å². The second-order valence-corrected chi connectivity index (χ2v) is 12.3. The summed E-state index contributed by atoms with van der Waals surface area (Å²) in [7, 11) is -8.77. The SMILES string of the molecule is CCN(c1cnc(N(COC=O)S(=O)(=O)c2ccc(C#N)cc2)c2ccccc12)S(=O)(=O)c1ccc(OC(F)(F)F)cc1. The first kappa shape index (κ1) is 31.1. The highest BCUT2D eigenvalue weighted by Crippen LogP contribution is 2.37. The molecule has 0 aliphatic carbocycles. The second-order valence-electron chi connectivity index (χ2n) is 8.58. The van der Waals surface area contributed by atoms with E-state index in [1.165, 1.54) is 43.3 Å². The normalized spacial score (nSPS) is 11.9. The van der Waals surface area contributed by atoms with Crippen LogP contribution in [0.3, 0.4) is 0 Å². The minimum absolute atomic E-state index is 0.0458. The Balaban J connectivity index is 1.82. The Labute approximate surface area is 244 Å². The first-order valence-corrected chi connectivity index (χ1v) is 15.1. The molecule has 0 saturated heterocycles. The van der Waals surface area contributed by atoms with Crippen molar-refractivity contribution < 1.29 is 44.3 Å². The van der Waals surface area contributed by atoms with Crippen LogP contribution in [0.2, 0.25) is 0 Å². The van der Waals surface area contributed by atoms with Gasteiger partial charge in [-0.3, -0.25) is 9.10 Å². The highest BCUT2D eigenvalue weighted by Gasteiger charge is 2.33. The molecule has 3 aromatic carbocycles. The van der Waals surface area contributed by atoms with Gasteiger partial charge in [-0.15, -0.1) is 13.2 Å². The first-order chi connectivity index (χ1) is 20.3. The fourth-order valence-corrected chi connectivity index (χ4v) is 6.93. The van der Waals surface area contributed by atoms with Crippen LogP contribution in [0.15, 0.2) is 88.8 Å². The molecule has 1 heterocycles. The van der Waals surface area contributed by atoms with Gasteiger partial charge in [-0.2, -0.15) is 5.26 Å². The molecular formula is C27H21F3N4O7S2. The molecule has 0 atom stereocenters. The molecule has 0 amide bonds. The highest BCUT2D eigenvalue weighted by molar-refractivity contribution is 7.93. The number of halogens is 3. The number of carbonyl (C=O) groups is 1. The molecule has 43 heavy (non-hydrogen) atoms. The summed E-state index contributed by atoms with van der Waals surface area (Å²) in [5, 5.41) is 9.48. The van der Waals surface area contributed by atoms with E-state index < -0.39 is 38.9 Å². The van der Waals surface area contributed by atoms with Crippen LogP contribution in [0.5, 0.6) is 5.75 Å². The molecule has 0 saturated carbocycles. The maximum absolute atomic E-state index is 13.6. The van der Waals surface area contributed by atoms with Crippen LogP contribution in [-0.2, 0) is 29.6 Å². The van der Waals surface area contributed by atoms with E-state index in [0.29, 0.717) is 0 Å². The predicted octanol–water partition coefficient (Wildman–Crippen LogP) is 4.55. The molecule has 0 aliphatic rings. The number of aromatic nitrogens is 1. The minimum atomic E-state index is -4.96. The van der Waals surface area contributed by atoms with Crippen LogP contribution in [0.4, 0.5) is 24.7 Å². The second kappa shape index (κ2) is 12.2. The Morgan fingerprint density at radius 2 is 1.44 bits per heavy atom. The van der Waals surface area contributed by atoms with Crippen molar-refractivity contribution in [2.24, 2.45) is 0 Å². The molecule has 0 aliphatic heterocycles. The monoisotopic (exact) mass is 634 g/mol. The molecular weight excluding hydrogens is 613 g/mol. The molecule has 1 aromatic heterocycles. The van der Waals surface area contributed by atoms with Gasteiger partial charge in [-0.05, 0) is 55.5 Å². The summed E-state index contributed by atoms with van der Waals surface area (Å²) in [5.41, 5.74) is 0.260. The summed E-state index contributed by atoms with van der Waals surface area (Å²) in [6, 6.07) is 16.7. The molecule has 0 fully saturated rings. The van der Waals surface area contributed by atoms with E-state index in [1.807, 2.05) is 6.07 Å². The maximum Gasteiger partial charge on any atom is 0.573 e. The Morgan fingerprint density at radius 3 is 1.98 bits per heavy atom. The maximum atomic E-state index is 13.6. The number of carbonyl (C=O) groups excluding carboxylic acids is 1. The van der Waals surface area contributed by atoms with Gasteiger partial charge < -0.3 is 9.47 Å². The molecule has 16 heteroatoms. The van der Waals surface area contributed by atoms with E-state index >= 15 is 0 Å². The van der Waals surface area contributed by atoms with Gasteiger partial charge in [0.15, 0.2) is 12.5 Å². The lowest BCUT2D eigenvalue weighted by molar-refractivity contribution is -0.274. The van der Waals surface area contributed by atoms with Gasteiger partial charge >= 0.3 is 6.36 Å². The number of rotatable bonds is 11. The van der Waals surface area contributed by atoms with Crippen molar-refractivity contribution in [2.45, 2.75) is 23.1 Å². The third kappa shape index (κ3) is 6.47. The first-order valence-electron chi connectivity index (χ1n) is 12.2. The van der Waals surface area contributed by atoms with Crippen molar-refractivity contribution in [3.05, 3.63) is 84.6 Å². The van der Waals surface area contributed by atoms with E-state index in [9.17, 15) is 34.8 Å². The molecule has 4 aromatic rings. The zero-order chi connectivity index (χ0) is 31.4. The number of nitrogens with zero attached hydrogens (tertiary/aromatic N) is 4. The van der Waals surface area contributed by atoms with Crippen LogP contribution in [0.1, 0.15) is 12.5 Å². The van der Waals surface area contributed by atoms with E-state index in [4.69, 9.17) is 10.00 Å². The standard InChI is InChI=1S/C27H21F3N4O7S2/c1-2-33(42(36,37)22-13-9-20(10-14-22)41-27(28,29)30)25-16-32-26(24-6-4-3-5-23(24)25)34(17-40-18-35)43(38,39)21-11-7-19(15-31)8-12-21/h3-14,16,18H,2,17H2,1H3. The topological polar surface area (TPSA) is 147 Å². The molecule has 11 nitrogen and oxygen atoms in total. The summed E-state index contributed by atoms with van der Waals surface area (Å²) in [4.78, 5) is 14.7. The molecule has 0 bridgehead atoms. The van der Waals surface area contributed by atoms with Gasteiger partial charge in [0.2, 0.25) is 0 Å². The zero-order valence-electron chi connectivity index (χ0n) is 22.1. The zero-order valence-corrected chi connectivity index (χ0v) is 23.7. The number of benzene rings is 3. The van der Waals surface area contributed by atoms with Gasteiger partial charge in [0.1, 0.15) is 5.75 Å². The van der Waals surface area contributed by atoms with E-state index in [0.717, 1.165) is 39.1 Å². The molecule has 0 unspecified atom stereocenters. The summed E-state index contributed by atoms with van der Waals surface area (Å²) in [6.45, 7) is 0.676. The fraction of sp³-hybridized carbons (Fsp3) is 0.148. The average molecular weight is 635 g/mol. The van der Waals surface area contributed by atoms with Gasteiger partial charge in [-0.25, -0.2) is 26.1 Å². The molecule has 0 spiro atoms. The van der Waals surface area contributed by atoms with Crippen molar-refractivity contribution in [2.75, 3.05) is 21.9 Å². The number of ether oxygens (including phenoxy) is 2. The van der Waals surface area contributed by atoms with Crippen molar-refractivity contribution >= 4 is 48.8 Å². The quantitative estimate of drug-likeness (QED) is 0.171. The molecule has 0 N–H and O–H groups in total. The van der Waals surface area contributed by atoms with Crippen molar-refractivity contribution in [1.82, 2.24) is 4.98 Å². The minimum Gasteiger partial charge on any atom is -0.445 e. The number of anilines is 2. The average Bonchev–Trinajstić information content (AvgIpc) is 2.97. The van der Waals surface area contributed by atoms with E-state index in [2.05, 4.69) is 9.72 Å². The highest BCUT2D eigenvalue weighted by atomic mass is 32.2. The largest absolute Gasteiger partial charge is 0.573 e. The van der Waals surface area contributed by atoms with Gasteiger partial charge in [0.25, 0.3) is 26.5 Å². The van der Waals surface area contributed by atoms with Crippen molar-refractivity contribution in [3.8, 4) is 11.8 Å². The lowest BCUT2D eigenvalue weighted by Gasteiger charge is -2.27. The van der Waals surface area contributed by atoms with E-state index in [-0.39, 0.29) is 50.6 Å². The third-order valence-electron chi connectivity index (χ3n) is 6.02. The smallest absolute Gasteiger partial charge is 0.445 e. The van der Waals surface area contributed by atoms with Gasteiger partial charge in [-0.1, -0.05) is 24.3 Å². The number of nitriles is 1. The van der Waals surface area contributed by atoms with Crippen LogP contribution in [-0.4, -0.2) is 47.9 Å². The Kier molecular flexibility index (Phi) is 8.78. The summed E-state index contributed by atoms with van der Waals surface area (Å²) in [6.07, 6.45) is -3.83. The van der Waals surface area contributed by atoms with Crippen LogP contribution in [0.25, 0.3) is 10.8 Å². The van der Waals surface area contributed by atoms with Crippen LogP contribution >= 0.6 is 0 Å². The van der Waals surface area contributed by atoms with E-state index in [1.54, 1.807) is 12.1 Å². The summed E-state index contributed by atoms with van der Waals surface area (Å²) in [5.74, 6) is -0.792. The number of pyridine rings is 1. The van der Waals surface area contributed by atoms with Gasteiger partial charge in [0, 0.05) is 17.3 Å². The number of alkyl halides is 3. The summed E-state index contributed by atoms with van der Waals surface area (Å²) >= 11 is 0. The lowest BCUT2D eigenvalue weighted by Crippen LogP contribution is -2.35. The predicted molar refractivity (Wildman–Crippen MR) is 148 cm³/mol. The number of hydrogen-bond donors (Lipinski definition) is 0. The Hall–Kier alpha value is -4.88. The summed E-state index contributed by atoms with van der Waals surface area (Å²) < 4.78 is 102. The number of sulfonamides is 2.